The highest BCUT2D eigenvalue weighted by atomic mass is 16.5. The second-order valence-corrected chi connectivity index (χ2v) is 21.6. The van der Waals surface area contributed by atoms with E-state index in [1.807, 2.05) is 49.9 Å². The molecule has 2 aromatic heterocycles. The molecule has 10 atom stereocenters. The summed E-state index contributed by atoms with van der Waals surface area (Å²) < 4.78 is 9.78. The molecule has 2 aliphatic heterocycles. The van der Waals surface area contributed by atoms with Crippen LogP contribution in [0, 0.1) is 23.7 Å². The van der Waals surface area contributed by atoms with E-state index in [1.165, 1.54) is 79.7 Å². The van der Waals surface area contributed by atoms with Crippen molar-refractivity contribution in [2.24, 2.45) is 23.7 Å². The molecule has 3 aromatic carbocycles. The van der Waals surface area contributed by atoms with Crippen LogP contribution >= 0.6 is 0 Å². The first kappa shape index (κ1) is 46.9. The van der Waals surface area contributed by atoms with Gasteiger partial charge in [-0.15, -0.1) is 0 Å². The Morgan fingerprint density at radius 2 is 1.07 bits per heavy atom. The van der Waals surface area contributed by atoms with Gasteiger partial charge in [0.2, 0.25) is 11.8 Å². The van der Waals surface area contributed by atoms with Crippen molar-refractivity contribution in [1.82, 2.24) is 40.4 Å². The minimum absolute atomic E-state index is 0.0440. The Balaban J connectivity index is 0.821. The van der Waals surface area contributed by atoms with Crippen LogP contribution in [0.2, 0.25) is 0 Å². The lowest BCUT2D eigenvalue weighted by molar-refractivity contribution is -0.137. The molecule has 14 nitrogen and oxygen atoms in total. The number of amides is 4. The lowest BCUT2D eigenvalue weighted by atomic mass is 9.76. The van der Waals surface area contributed by atoms with Crippen molar-refractivity contribution in [3.05, 3.63) is 95.8 Å². The van der Waals surface area contributed by atoms with Crippen LogP contribution in [0.1, 0.15) is 133 Å². The third-order valence-electron chi connectivity index (χ3n) is 17.7. The van der Waals surface area contributed by atoms with Gasteiger partial charge < -0.3 is 39.9 Å². The molecule has 4 amide bonds. The number of imidazole rings is 2. The number of carbonyl (C=O) groups is 4. The lowest BCUT2D eigenvalue weighted by Gasteiger charge is -2.32. The molecule has 372 valence electrons. The number of benzene rings is 3. The van der Waals surface area contributed by atoms with Crippen molar-refractivity contribution >= 4 is 24.0 Å². The number of hydrogen-bond acceptors (Lipinski definition) is 8. The number of H-pyrrole nitrogens is 2. The molecule has 4 aliphatic carbocycles. The smallest absolute Gasteiger partial charge is 0.407 e. The number of nitrogens with one attached hydrogen (secondary N) is 4. The highest BCUT2D eigenvalue weighted by Gasteiger charge is 2.58. The SMILES string of the molecule is CCC(C)[C@H](NC(=O)OC)C(=O)N1C2CC2C[C@H]1c1ncc(-c2ccc(-c3ccc(-c4ccc(-c5cnc([C@@H]6CC7CC7N6C(=O)[C@@H](NC(=O)OC)C(C)CC)[nH]5)cc4)c4c3CCC43CCCC3)cc2)[nH]1. The zero-order valence-electron chi connectivity index (χ0n) is 41.9. The third kappa shape index (κ3) is 8.38. The van der Waals surface area contributed by atoms with E-state index in [1.54, 1.807) is 0 Å². The van der Waals surface area contributed by atoms with E-state index < -0.39 is 24.3 Å². The van der Waals surface area contributed by atoms with Crippen LogP contribution < -0.4 is 10.6 Å². The highest BCUT2D eigenvalue weighted by Crippen LogP contribution is 2.57. The minimum Gasteiger partial charge on any atom is -0.453 e. The molecule has 6 unspecified atom stereocenters. The summed E-state index contributed by atoms with van der Waals surface area (Å²) >= 11 is 0. The maximum absolute atomic E-state index is 14.1. The van der Waals surface area contributed by atoms with Crippen molar-refractivity contribution in [1.29, 1.82) is 0 Å². The van der Waals surface area contributed by atoms with Gasteiger partial charge in [-0.2, -0.15) is 0 Å². The van der Waals surface area contributed by atoms with Crippen LogP contribution in [0.15, 0.2) is 73.1 Å². The average molecular weight is 961 g/mol. The molecule has 6 aliphatic rings. The van der Waals surface area contributed by atoms with Crippen LogP contribution in [0.4, 0.5) is 9.59 Å². The van der Waals surface area contributed by atoms with Crippen LogP contribution in [0.25, 0.3) is 44.8 Å². The van der Waals surface area contributed by atoms with E-state index in [-0.39, 0.29) is 53.2 Å². The Morgan fingerprint density at radius 1 is 0.634 bits per heavy atom. The molecule has 5 aromatic rings. The summed E-state index contributed by atoms with van der Waals surface area (Å²) in [6.45, 7) is 8.05. The number of nitrogens with zero attached hydrogens (tertiary/aromatic N) is 4. The van der Waals surface area contributed by atoms with Gasteiger partial charge in [-0.1, -0.05) is 114 Å². The molecule has 71 heavy (non-hydrogen) atoms. The van der Waals surface area contributed by atoms with Crippen molar-refractivity contribution in [2.45, 2.75) is 146 Å². The predicted octanol–water partition coefficient (Wildman–Crippen LogP) is 10.4. The quantitative estimate of drug-likeness (QED) is 0.0851. The summed E-state index contributed by atoms with van der Waals surface area (Å²) in [7, 11) is 2.65. The maximum Gasteiger partial charge on any atom is 0.407 e. The number of rotatable bonds is 14. The van der Waals surface area contributed by atoms with Gasteiger partial charge in [0.05, 0.1) is 50.1 Å². The number of aromatic nitrogens is 4. The highest BCUT2D eigenvalue weighted by molar-refractivity contribution is 5.88. The van der Waals surface area contributed by atoms with Gasteiger partial charge in [-0.05, 0) is 125 Å². The summed E-state index contributed by atoms with van der Waals surface area (Å²) in [5.74, 6) is 2.25. The number of fused-ring (bicyclic) bond motifs is 4. The fourth-order valence-corrected chi connectivity index (χ4v) is 13.1. The minimum atomic E-state index is -0.660. The van der Waals surface area contributed by atoms with Gasteiger partial charge in [0.15, 0.2) is 0 Å². The van der Waals surface area contributed by atoms with Crippen LogP contribution in [0.3, 0.4) is 0 Å². The molecule has 1 spiro atoms. The van der Waals surface area contributed by atoms with Crippen molar-refractivity contribution in [3.63, 3.8) is 0 Å². The zero-order valence-corrected chi connectivity index (χ0v) is 41.9. The van der Waals surface area contributed by atoms with Gasteiger partial charge in [0, 0.05) is 12.1 Å². The van der Waals surface area contributed by atoms with E-state index in [0.29, 0.717) is 11.8 Å². The molecule has 4 heterocycles. The molecule has 2 saturated heterocycles. The number of aromatic amines is 2. The van der Waals surface area contributed by atoms with E-state index in [2.05, 4.69) is 81.3 Å². The monoisotopic (exact) mass is 961 g/mol. The molecule has 5 fully saturated rings. The summed E-state index contributed by atoms with van der Waals surface area (Å²) in [4.78, 5) is 73.7. The van der Waals surface area contributed by atoms with Gasteiger partial charge in [0.25, 0.3) is 0 Å². The number of likely N-dealkylation sites (tertiary alicyclic amines) is 2. The number of alkyl carbamates (subject to hydrolysis) is 2. The first-order valence-electron chi connectivity index (χ1n) is 26.2. The normalized spacial score (nSPS) is 24.9. The van der Waals surface area contributed by atoms with Gasteiger partial charge in [-0.25, -0.2) is 19.6 Å². The maximum atomic E-state index is 14.1. The molecular weight excluding hydrogens is 893 g/mol. The molecule has 4 N–H and O–H groups in total. The Kier molecular flexibility index (Phi) is 12.3. The first-order chi connectivity index (χ1) is 34.4. The standard InChI is InChI=1S/C57H68N8O6/c1-7-31(3)49(62-55(68)70-5)53(66)64-44-25-37(44)27-46(64)51-58-29-42(60-51)35-15-11-33(12-16-35)39-19-20-40(48-41(39)21-24-57(48)22-9-10-23-57)34-13-17-36(18-14-34)43-30-59-52(61-43)47-28-38-26-45(38)65(47)54(67)50(32(4)8-2)63-56(69)71-6/h11-20,29-32,37-38,44-47,49-50H,7-10,21-28H2,1-6H3,(H,58,60)(H,59,61)(H,62,68)(H,63,69)/t31?,32?,37?,38?,44?,45?,46-,47-,49-,50-/m0/s1. The van der Waals surface area contributed by atoms with Gasteiger partial charge in [0.1, 0.15) is 23.7 Å². The lowest BCUT2D eigenvalue weighted by Crippen LogP contribution is -2.52. The molecular formula is C57H68N8O6. The first-order valence-corrected chi connectivity index (χ1v) is 26.2. The van der Waals surface area contributed by atoms with Crippen molar-refractivity contribution in [2.75, 3.05) is 14.2 Å². The Hall–Kier alpha value is -6.44. The van der Waals surface area contributed by atoms with Gasteiger partial charge in [-0.3, -0.25) is 9.59 Å². The number of ether oxygens (including phenoxy) is 2. The second-order valence-electron chi connectivity index (χ2n) is 21.6. The summed E-state index contributed by atoms with van der Waals surface area (Å²) in [5, 5.41) is 5.65. The summed E-state index contributed by atoms with van der Waals surface area (Å²) in [5.41, 5.74) is 12.1. The van der Waals surface area contributed by atoms with Crippen LogP contribution in [0.5, 0.6) is 0 Å². The van der Waals surface area contributed by atoms with Crippen LogP contribution in [-0.4, -0.2) is 92.1 Å². The fraction of sp³-hybridized carbons (Fsp3) is 0.509. The summed E-state index contributed by atoms with van der Waals surface area (Å²) in [6.07, 6.45) is 15.0. The molecule has 14 heteroatoms. The van der Waals surface area contributed by atoms with E-state index in [0.717, 1.165) is 79.1 Å². The van der Waals surface area contributed by atoms with Crippen molar-refractivity contribution in [3.8, 4) is 44.8 Å². The van der Waals surface area contributed by atoms with Gasteiger partial charge >= 0.3 is 12.2 Å². The molecule has 0 bridgehead atoms. The Morgan fingerprint density at radius 3 is 1.52 bits per heavy atom. The van der Waals surface area contributed by atoms with Crippen LogP contribution in [-0.2, 0) is 30.9 Å². The van der Waals surface area contributed by atoms with E-state index in [9.17, 15) is 19.2 Å². The molecule has 3 saturated carbocycles. The third-order valence-corrected chi connectivity index (χ3v) is 17.7. The summed E-state index contributed by atoms with van der Waals surface area (Å²) in [6, 6.07) is 21.1. The number of hydrogen-bond donors (Lipinski definition) is 4. The molecule has 11 rings (SSSR count). The second kappa shape index (κ2) is 18.6. The number of piperidine rings is 2. The zero-order chi connectivity index (χ0) is 49.3. The largest absolute Gasteiger partial charge is 0.453 e. The number of carbonyl (C=O) groups excluding carboxylic acids is 4. The fourth-order valence-electron chi connectivity index (χ4n) is 13.1. The van der Waals surface area contributed by atoms with E-state index >= 15 is 0 Å². The average Bonchev–Trinajstić information content (AvgIpc) is 3.85. The number of methoxy groups -OCH3 is 2. The Labute approximate surface area is 416 Å². The Bertz CT molecular complexity index is 2830. The molecule has 0 radical (unpaired) electrons. The topological polar surface area (TPSA) is 175 Å². The van der Waals surface area contributed by atoms with E-state index in [4.69, 9.17) is 19.4 Å². The van der Waals surface area contributed by atoms with Crippen molar-refractivity contribution < 1.29 is 28.7 Å². The predicted molar refractivity (Wildman–Crippen MR) is 271 cm³/mol.